The monoisotopic (exact) mass is 859 g/mol. The van der Waals surface area contributed by atoms with Crippen molar-refractivity contribution in [2.24, 2.45) is 35.5 Å². The van der Waals surface area contributed by atoms with E-state index in [0.717, 1.165) is 35.5 Å². The van der Waals surface area contributed by atoms with Gasteiger partial charge in [0.2, 0.25) is 0 Å². The lowest BCUT2D eigenvalue weighted by Crippen LogP contribution is -2.17. The van der Waals surface area contributed by atoms with Crippen molar-refractivity contribution in [2.75, 3.05) is 13.2 Å². The quantitative estimate of drug-likeness (QED) is 0.0857. The zero-order chi connectivity index (χ0) is 43.9. The Morgan fingerprint density at radius 3 is 1.06 bits per heavy atom. The molecule has 0 unspecified atom stereocenters. The normalized spacial score (nSPS) is 27.4. The third-order valence-corrected chi connectivity index (χ3v) is 17.4. The Kier molecular flexibility index (Phi) is 23.0. The third-order valence-electron chi connectivity index (χ3n) is 17.4. The van der Waals surface area contributed by atoms with Crippen molar-refractivity contribution in [3.8, 4) is 0 Å². The molecule has 6 rings (SSSR count). The second kappa shape index (κ2) is 28.8. The van der Waals surface area contributed by atoms with Crippen LogP contribution in [0, 0.1) is 35.5 Å². The molecule has 1 nitrogen and oxygen atoms in total. The molecule has 2 aromatic rings. The molecule has 0 spiro atoms. The van der Waals surface area contributed by atoms with E-state index >= 15 is 0 Å². The van der Waals surface area contributed by atoms with E-state index in [1.54, 1.807) is 22.3 Å². The first-order valence-corrected chi connectivity index (χ1v) is 28.3. The van der Waals surface area contributed by atoms with Crippen molar-refractivity contribution in [1.29, 1.82) is 0 Å². The van der Waals surface area contributed by atoms with Crippen LogP contribution < -0.4 is 0 Å². The minimum Gasteiger partial charge on any atom is -0.373 e. The van der Waals surface area contributed by atoms with Crippen molar-refractivity contribution in [3.05, 3.63) is 82.9 Å². The predicted molar refractivity (Wildman–Crippen MR) is 277 cm³/mol. The van der Waals surface area contributed by atoms with Crippen LogP contribution in [0.4, 0.5) is 0 Å². The van der Waals surface area contributed by atoms with Crippen LogP contribution in [0.3, 0.4) is 0 Å². The predicted octanol–water partition coefficient (Wildman–Crippen LogP) is 19.7. The minimum absolute atomic E-state index is 0.661. The molecule has 63 heavy (non-hydrogen) atoms. The van der Waals surface area contributed by atoms with Crippen molar-refractivity contribution < 1.29 is 4.74 Å². The summed E-state index contributed by atoms with van der Waals surface area (Å²) in [5, 5.41) is 0. The van der Waals surface area contributed by atoms with E-state index in [-0.39, 0.29) is 0 Å². The van der Waals surface area contributed by atoms with Gasteiger partial charge in [-0.3, -0.25) is 0 Å². The van der Waals surface area contributed by atoms with Crippen molar-refractivity contribution in [3.63, 3.8) is 0 Å². The molecular formula is C62H98O. The molecule has 4 fully saturated rings. The summed E-state index contributed by atoms with van der Waals surface area (Å²) in [7, 11) is 0. The van der Waals surface area contributed by atoms with Crippen LogP contribution in [-0.2, 0) is 4.74 Å². The molecular weight excluding hydrogens is 761 g/mol. The fraction of sp³-hybridized carbons (Fsp3) is 0.742. The van der Waals surface area contributed by atoms with E-state index in [4.69, 9.17) is 4.74 Å². The Balaban J connectivity index is 1.07. The highest BCUT2D eigenvalue weighted by atomic mass is 16.5. The van der Waals surface area contributed by atoms with E-state index < -0.39 is 0 Å². The van der Waals surface area contributed by atoms with Gasteiger partial charge in [0.1, 0.15) is 0 Å². The average molecular weight is 859 g/mol. The summed E-state index contributed by atoms with van der Waals surface area (Å²) in [4.78, 5) is 0. The van der Waals surface area contributed by atoms with Gasteiger partial charge in [0.05, 0.1) is 13.2 Å². The van der Waals surface area contributed by atoms with E-state index in [0.29, 0.717) is 25.0 Å². The van der Waals surface area contributed by atoms with Gasteiger partial charge in [0.15, 0.2) is 0 Å². The number of unbranched alkanes of at least 4 members (excludes halogenated alkanes) is 8. The molecule has 0 bridgehead atoms. The van der Waals surface area contributed by atoms with Gasteiger partial charge in [-0.05, 0) is 183 Å². The second-order valence-corrected chi connectivity index (χ2v) is 22.0. The van der Waals surface area contributed by atoms with Crippen LogP contribution in [0.5, 0.6) is 0 Å². The van der Waals surface area contributed by atoms with Gasteiger partial charge >= 0.3 is 0 Å². The first-order valence-electron chi connectivity index (χ1n) is 28.3. The van der Waals surface area contributed by atoms with Crippen molar-refractivity contribution in [1.82, 2.24) is 0 Å². The van der Waals surface area contributed by atoms with Gasteiger partial charge in [-0.15, -0.1) is 0 Å². The molecule has 2 aromatic carbocycles. The Bertz CT molecular complexity index is 1410. The fourth-order valence-electron chi connectivity index (χ4n) is 13.3. The van der Waals surface area contributed by atoms with Crippen LogP contribution in [0.2, 0.25) is 0 Å². The summed E-state index contributed by atoms with van der Waals surface area (Å²) >= 11 is 0. The molecule has 0 aliphatic heterocycles. The fourth-order valence-corrected chi connectivity index (χ4v) is 13.3. The highest BCUT2D eigenvalue weighted by molar-refractivity contribution is 5.69. The molecule has 0 amide bonds. The zero-order valence-corrected chi connectivity index (χ0v) is 41.8. The van der Waals surface area contributed by atoms with E-state index in [1.165, 1.54) is 217 Å². The summed E-state index contributed by atoms with van der Waals surface area (Å²) in [6.07, 6.45) is 49.8. The first-order chi connectivity index (χ1) is 31.1. The Morgan fingerprint density at radius 2 is 0.714 bits per heavy atom. The van der Waals surface area contributed by atoms with Gasteiger partial charge in [-0.25, -0.2) is 0 Å². The largest absolute Gasteiger partial charge is 0.373 e. The SMILES string of the molecule is CCCCCCCC1CCC(c2ccc(C(=CCOCC=C(c3ccc(C4CCC(CCCCCCC)CC4)cc3)C3CCC(CCC)CC3)C3CCC(CCC)CC3)cc2)CC1. The van der Waals surface area contributed by atoms with Gasteiger partial charge in [-0.1, -0.05) is 191 Å². The van der Waals surface area contributed by atoms with Crippen LogP contribution >= 0.6 is 0 Å². The lowest BCUT2D eigenvalue weighted by molar-refractivity contribution is 0.193. The molecule has 0 atom stereocenters. The summed E-state index contributed by atoms with van der Waals surface area (Å²) in [6.45, 7) is 10.8. The van der Waals surface area contributed by atoms with E-state index in [9.17, 15) is 0 Å². The molecule has 1 heteroatoms. The number of ether oxygens (including phenoxy) is 1. The number of benzene rings is 2. The topological polar surface area (TPSA) is 9.23 Å². The second-order valence-electron chi connectivity index (χ2n) is 22.0. The van der Waals surface area contributed by atoms with Gasteiger partial charge < -0.3 is 4.74 Å². The van der Waals surface area contributed by atoms with E-state index in [2.05, 4.69) is 88.4 Å². The number of allylic oxidation sites excluding steroid dienone is 2. The molecule has 0 saturated heterocycles. The van der Waals surface area contributed by atoms with Crippen LogP contribution in [0.15, 0.2) is 60.7 Å². The highest BCUT2D eigenvalue weighted by Gasteiger charge is 2.28. The maximum absolute atomic E-state index is 6.64. The van der Waals surface area contributed by atoms with Crippen LogP contribution in [-0.4, -0.2) is 13.2 Å². The standard InChI is InChI=1S/C62H98O/c1-5-9-11-13-15-19-51-21-29-53(30-22-51)55-37-41-59(42-38-55)61(57-33-25-49(17-7-3)26-34-57)45-47-63-48-46-62(58-35-27-50(18-8-4)28-36-58)60-43-39-56(40-44-60)54-31-23-52(24-32-54)20-16-14-12-10-6-2/h37-46,49-54,57-58H,5-36,47-48H2,1-4H3. The number of rotatable bonds is 26. The highest BCUT2D eigenvalue weighted by Crippen LogP contribution is 2.43. The summed E-state index contributed by atoms with van der Waals surface area (Å²) in [5.41, 5.74) is 9.23. The molecule has 4 aliphatic rings. The smallest absolute Gasteiger partial charge is 0.0657 e. The molecule has 0 aromatic heterocycles. The Labute approximate surface area is 390 Å². The van der Waals surface area contributed by atoms with Crippen molar-refractivity contribution in [2.45, 2.75) is 245 Å². The van der Waals surface area contributed by atoms with Gasteiger partial charge in [0, 0.05) is 0 Å². The lowest BCUT2D eigenvalue weighted by Gasteiger charge is -2.31. The molecule has 4 aliphatic carbocycles. The maximum Gasteiger partial charge on any atom is 0.0657 e. The first kappa shape index (κ1) is 50.3. The molecule has 0 radical (unpaired) electrons. The summed E-state index contributed by atoms with van der Waals surface area (Å²) < 4.78 is 6.64. The summed E-state index contributed by atoms with van der Waals surface area (Å²) in [5.74, 6) is 6.63. The summed E-state index contributed by atoms with van der Waals surface area (Å²) in [6, 6.07) is 20.0. The molecule has 4 saturated carbocycles. The number of hydrogen-bond donors (Lipinski definition) is 0. The Hall–Kier alpha value is -2.12. The van der Waals surface area contributed by atoms with Crippen LogP contribution in [0.25, 0.3) is 11.1 Å². The van der Waals surface area contributed by atoms with E-state index in [1.807, 2.05) is 0 Å². The maximum atomic E-state index is 6.64. The molecule has 0 N–H and O–H groups in total. The molecule has 352 valence electrons. The molecule has 0 heterocycles. The number of hydrogen-bond acceptors (Lipinski definition) is 1. The van der Waals surface area contributed by atoms with Gasteiger partial charge in [-0.2, -0.15) is 0 Å². The van der Waals surface area contributed by atoms with Crippen molar-refractivity contribution >= 4 is 11.1 Å². The third kappa shape index (κ3) is 16.6. The minimum atomic E-state index is 0.661. The zero-order valence-electron chi connectivity index (χ0n) is 41.8. The Morgan fingerprint density at radius 1 is 0.381 bits per heavy atom. The average Bonchev–Trinajstić information content (AvgIpc) is 3.33. The van der Waals surface area contributed by atoms with Gasteiger partial charge in [0.25, 0.3) is 0 Å². The van der Waals surface area contributed by atoms with Crippen LogP contribution in [0.1, 0.15) is 267 Å². The lowest BCUT2D eigenvalue weighted by atomic mass is 9.74.